The van der Waals surface area contributed by atoms with Crippen LogP contribution in [0.15, 0.2) is 61.2 Å². The van der Waals surface area contributed by atoms with Crippen LogP contribution in [-0.2, 0) is 22.6 Å². The second-order valence-corrected chi connectivity index (χ2v) is 9.70. The molecule has 1 amide bonds. The van der Waals surface area contributed by atoms with Crippen LogP contribution >= 0.6 is 0 Å². The molecule has 1 saturated heterocycles. The average Bonchev–Trinajstić information content (AvgIpc) is 3.38. The molecule has 0 saturated carbocycles. The maximum Gasteiger partial charge on any atom is 0.248 e. The van der Waals surface area contributed by atoms with Crippen LogP contribution in [0.4, 0.5) is 8.78 Å². The third-order valence-corrected chi connectivity index (χ3v) is 6.40. The van der Waals surface area contributed by atoms with Crippen molar-refractivity contribution in [2.24, 2.45) is 0 Å². The summed E-state index contributed by atoms with van der Waals surface area (Å²) in [5.41, 5.74) is -0.478. The molecule has 4 rings (SSSR count). The molecule has 11 heteroatoms. The molecule has 0 spiro atoms. The van der Waals surface area contributed by atoms with Gasteiger partial charge in [-0.05, 0) is 36.2 Å². The number of carbonyl (C=O) groups excluding carboxylic acids is 1. The SMILES string of the molecule is COCC(=O)N1CCN(Cc2cccc(OCCCn3ccnc3)c2)C[C@@](O)(COc2ccc(F)c(F)c2)C1. The summed E-state index contributed by atoms with van der Waals surface area (Å²) < 4.78 is 45.5. The summed E-state index contributed by atoms with van der Waals surface area (Å²) in [4.78, 5) is 20.2. The second kappa shape index (κ2) is 13.5. The van der Waals surface area contributed by atoms with Crippen LogP contribution < -0.4 is 9.47 Å². The van der Waals surface area contributed by atoms with E-state index < -0.39 is 17.2 Å². The first-order valence-corrected chi connectivity index (χ1v) is 12.8. The van der Waals surface area contributed by atoms with Gasteiger partial charge in [-0.1, -0.05) is 12.1 Å². The normalized spacial score (nSPS) is 18.1. The van der Waals surface area contributed by atoms with E-state index in [2.05, 4.69) is 4.98 Å². The van der Waals surface area contributed by atoms with E-state index in [1.54, 1.807) is 12.5 Å². The molecule has 1 atom stereocenters. The maximum atomic E-state index is 13.7. The molecule has 0 aliphatic carbocycles. The lowest BCUT2D eigenvalue weighted by Crippen LogP contribution is -2.52. The molecule has 3 aromatic rings. The molecule has 210 valence electrons. The standard InChI is InChI=1S/C28H34F2N4O5/c1-37-17-27(35)34-12-11-33(18-28(36,19-34)20-39-24-6-7-25(29)26(30)15-24)16-22-4-2-5-23(14-22)38-13-3-9-32-10-8-31-21-32/h2,4-8,10,14-15,21,36H,3,9,11-13,16-20H2,1H3/t28-/m0/s1. The monoisotopic (exact) mass is 544 g/mol. The third kappa shape index (κ3) is 8.47. The molecule has 1 aliphatic rings. The summed E-state index contributed by atoms with van der Waals surface area (Å²) in [5, 5.41) is 11.5. The number of aromatic nitrogens is 2. The van der Waals surface area contributed by atoms with Gasteiger partial charge in [-0.2, -0.15) is 0 Å². The van der Waals surface area contributed by atoms with Crippen molar-refractivity contribution in [3.8, 4) is 11.5 Å². The highest BCUT2D eigenvalue weighted by Gasteiger charge is 2.37. The lowest BCUT2D eigenvalue weighted by atomic mass is 10.0. The van der Waals surface area contributed by atoms with E-state index in [0.717, 1.165) is 36.4 Å². The number of hydrogen-bond donors (Lipinski definition) is 1. The number of carbonyl (C=O) groups is 1. The summed E-state index contributed by atoms with van der Waals surface area (Å²) in [6.45, 7) is 2.66. The number of rotatable bonds is 12. The summed E-state index contributed by atoms with van der Waals surface area (Å²) in [6, 6.07) is 11.0. The summed E-state index contributed by atoms with van der Waals surface area (Å²) in [5.74, 6) is -1.44. The Labute approximate surface area is 226 Å². The van der Waals surface area contributed by atoms with Gasteiger partial charge >= 0.3 is 0 Å². The zero-order valence-electron chi connectivity index (χ0n) is 22.0. The van der Waals surface area contributed by atoms with E-state index in [-0.39, 0.29) is 38.0 Å². The Balaban J connectivity index is 1.40. The minimum Gasteiger partial charge on any atom is -0.494 e. The Morgan fingerprint density at radius 2 is 1.92 bits per heavy atom. The molecule has 1 aromatic heterocycles. The van der Waals surface area contributed by atoms with Crippen LogP contribution in [0, 0.1) is 11.6 Å². The van der Waals surface area contributed by atoms with Crippen molar-refractivity contribution in [2.45, 2.75) is 25.1 Å². The zero-order chi connectivity index (χ0) is 27.7. The van der Waals surface area contributed by atoms with Gasteiger partial charge in [0.25, 0.3) is 0 Å². The molecular formula is C28H34F2N4O5. The number of nitrogens with zero attached hydrogens (tertiary/aromatic N) is 4. The van der Waals surface area contributed by atoms with Gasteiger partial charge in [-0.15, -0.1) is 0 Å². The Kier molecular flexibility index (Phi) is 9.85. The fourth-order valence-electron chi connectivity index (χ4n) is 4.53. The molecule has 0 unspecified atom stereocenters. The van der Waals surface area contributed by atoms with Gasteiger partial charge in [-0.25, -0.2) is 13.8 Å². The highest BCUT2D eigenvalue weighted by Crippen LogP contribution is 2.22. The fourth-order valence-corrected chi connectivity index (χ4v) is 4.53. The molecule has 1 aliphatic heterocycles. The molecular weight excluding hydrogens is 510 g/mol. The van der Waals surface area contributed by atoms with Gasteiger partial charge in [0, 0.05) is 58.3 Å². The molecule has 2 heterocycles. The maximum absolute atomic E-state index is 13.7. The Morgan fingerprint density at radius 1 is 1.08 bits per heavy atom. The number of ether oxygens (including phenoxy) is 3. The van der Waals surface area contributed by atoms with Gasteiger partial charge in [-0.3, -0.25) is 9.69 Å². The number of aliphatic hydroxyl groups is 1. The van der Waals surface area contributed by atoms with Crippen LogP contribution in [0.25, 0.3) is 0 Å². The quantitative estimate of drug-likeness (QED) is 0.351. The fraction of sp³-hybridized carbons (Fsp3) is 0.429. The van der Waals surface area contributed by atoms with Crippen molar-refractivity contribution in [1.82, 2.24) is 19.4 Å². The first-order valence-electron chi connectivity index (χ1n) is 12.8. The van der Waals surface area contributed by atoms with Crippen LogP contribution in [0.2, 0.25) is 0 Å². The van der Waals surface area contributed by atoms with Crippen LogP contribution in [-0.4, -0.2) is 89.1 Å². The van der Waals surface area contributed by atoms with Crippen LogP contribution in [0.1, 0.15) is 12.0 Å². The van der Waals surface area contributed by atoms with Crippen molar-refractivity contribution in [3.05, 3.63) is 78.4 Å². The van der Waals surface area contributed by atoms with E-state index in [1.165, 1.54) is 18.1 Å². The van der Waals surface area contributed by atoms with Gasteiger partial charge in [0.2, 0.25) is 5.91 Å². The number of amides is 1. The van der Waals surface area contributed by atoms with Crippen LogP contribution in [0.3, 0.4) is 0 Å². The van der Waals surface area contributed by atoms with E-state index in [4.69, 9.17) is 14.2 Å². The number of halogens is 2. The number of aryl methyl sites for hydroxylation is 1. The topological polar surface area (TPSA) is 89.3 Å². The number of benzene rings is 2. The predicted molar refractivity (Wildman–Crippen MR) is 139 cm³/mol. The van der Waals surface area contributed by atoms with Crippen molar-refractivity contribution in [3.63, 3.8) is 0 Å². The molecule has 1 fully saturated rings. The van der Waals surface area contributed by atoms with Crippen molar-refractivity contribution in [1.29, 1.82) is 0 Å². The van der Waals surface area contributed by atoms with Crippen molar-refractivity contribution in [2.75, 3.05) is 53.1 Å². The highest BCUT2D eigenvalue weighted by molar-refractivity contribution is 5.77. The van der Waals surface area contributed by atoms with Gasteiger partial charge < -0.3 is 28.8 Å². The largest absolute Gasteiger partial charge is 0.494 e. The minimum absolute atomic E-state index is 0.00936. The molecule has 1 N–H and O–H groups in total. The number of hydrogen-bond acceptors (Lipinski definition) is 7. The van der Waals surface area contributed by atoms with Crippen molar-refractivity contribution < 1.29 is 32.9 Å². The van der Waals surface area contributed by atoms with Gasteiger partial charge in [0.1, 0.15) is 30.3 Å². The second-order valence-electron chi connectivity index (χ2n) is 9.70. The predicted octanol–water partition coefficient (Wildman–Crippen LogP) is 2.73. The van der Waals surface area contributed by atoms with Crippen molar-refractivity contribution >= 4 is 5.91 Å². The Morgan fingerprint density at radius 3 is 2.69 bits per heavy atom. The molecule has 2 aromatic carbocycles. The van der Waals surface area contributed by atoms with Crippen LogP contribution in [0.5, 0.6) is 11.5 Å². The zero-order valence-corrected chi connectivity index (χ0v) is 22.0. The molecule has 0 radical (unpaired) electrons. The smallest absolute Gasteiger partial charge is 0.248 e. The third-order valence-electron chi connectivity index (χ3n) is 6.40. The first kappa shape index (κ1) is 28.5. The van der Waals surface area contributed by atoms with E-state index in [1.807, 2.05) is 39.9 Å². The van der Waals surface area contributed by atoms with Gasteiger partial charge in [0.15, 0.2) is 11.6 Å². The summed E-state index contributed by atoms with van der Waals surface area (Å²) in [7, 11) is 1.44. The van der Waals surface area contributed by atoms with E-state index in [9.17, 15) is 18.7 Å². The Hall–Kier alpha value is -3.54. The van der Waals surface area contributed by atoms with E-state index >= 15 is 0 Å². The summed E-state index contributed by atoms with van der Waals surface area (Å²) in [6.07, 6.45) is 6.27. The number of methoxy groups -OCH3 is 1. The molecule has 0 bridgehead atoms. The van der Waals surface area contributed by atoms with E-state index in [0.29, 0.717) is 26.2 Å². The lowest BCUT2D eigenvalue weighted by molar-refractivity contribution is -0.138. The number of β-amino-alcohol motifs (C(OH)–C–C–N with tert-alkyl or cyclic N) is 1. The lowest BCUT2D eigenvalue weighted by Gasteiger charge is -2.33. The number of imidazole rings is 1. The molecule has 9 nitrogen and oxygen atoms in total. The highest BCUT2D eigenvalue weighted by atomic mass is 19.2. The summed E-state index contributed by atoms with van der Waals surface area (Å²) >= 11 is 0. The molecule has 39 heavy (non-hydrogen) atoms. The minimum atomic E-state index is -1.47. The van der Waals surface area contributed by atoms with Gasteiger partial charge in [0.05, 0.1) is 19.5 Å². The first-order chi connectivity index (χ1) is 18.8. The Bertz CT molecular complexity index is 1210. The average molecular weight is 545 g/mol.